The van der Waals surface area contributed by atoms with Crippen molar-refractivity contribution < 1.29 is 4.79 Å². The van der Waals surface area contributed by atoms with Gasteiger partial charge < -0.3 is 10.3 Å². The van der Waals surface area contributed by atoms with Crippen molar-refractivity contribution in [1.29, 1.82) is 0 Å². The highest BCUT2D eigenvalue weighted by atomic mass is 79.9. The van der Waals surface area contributed by atoms with E-state index in [0.29, 0.717) is 5.65 Å². The number of carbonyl (C=O) groups excluding carboxylic acids is 1. The van der Waals surface area contributed by atoms with E-state index in [-0.39, 0.29) is 11.2 Å². The minimum Gasteiger partial charge on any atom is -0.341 e. The van der Waals surface area contributed by atoms with Crippen molar-refractivity contribution in [3.05, 3.63) is 36.9 Å². The third-order valence-electron chi connectivity index (χ3n) is 2.76. The Morgan fingerprint density at radius 3 is 3.05 bits per heavy atom. The number of nitrogens with one attached hydrogen (secondary N) is 2. The summed E-state index contributed by atoms with van der Waals surface area (Å²) < 4.78 is 0. The number of carbonyl (C=O) groups is 1. The maximum Gasteiger partial charge on any atom is 0.235 e. The molecule has 2 heterocycles. The van der Waals surface area contributed by atoms with E-state index in [0.717, 1.165) is 22.5 Å². The number of anilines is 1. The molecule has 0 spiro atoms. The van der Waals surface area contributed by atoms with Crippen LogP contribution in [0.2, 0.25) is 0 Å². The van der Waals surface area contributed by atoms with Gasteiger partial charge in [-0.2, -0.15) is 0 Å². The molecule has 0 fully saturated rings. The summed E-state index contributed by atoms with van der Waals surface area (Å²) in [5.41, 5.74) is 3.75. The lowest BCUT2D eigenvalue weighted by atomic mass is 10.1. The molecule has 3 rings (SSSR count). The van der Waals surface area contributed by atoms with Crippen LogP contribution in [0.25, 0.3) is 22.4 Å². The Balaban J connectivity index is 2.04. The molecule has 1 aromatic carbocycles. The van der Waals surface area contributed by atoms with Gasteiger partial charge in [0.15, 0.2) is 5.65 Å². The summed E-state index contributed by atoms with van der Waals surface area (Å²) in [4.78, 5) is 26.9. The number of amides is 1. The van der Waals surface area contributed by atoms with Crippen LogP contribution >= 0.6 is 15.9 Å². The molecule has 6 nitrogen and oxygen atoms in total. The number of hydrogen-bond donors (Lipinski definition) is 2. The number of nitrogens with zero attached hydrogens (tertiary/aromatic N) is 3. The number of aromatic nitrogens is 4. The van der Waals surface area contributed by atoms with Crippen molar-refractivity contribution in [2.45, 2.75) is 0 Å². The predicted molar refractivity (Wildman–Crippen MR) is 79.5 cm³/mol. The number of benzene rings is 1. The molecule has 0 aliphatic carbocycles. The lowest BCUT2D eigenvalue weighted by molar-refractivity contribution is -0.113. The van der Waals surface area contributed by atoms with Crippen LogP contribution in [-0.4, -0.2) is 31.2 Å². The van der Waals surface area contributed by atoms with E-state index >= 15 is 0 Å². The molecule has 0 radical (unpaired) electrons. The molecule has 2 N–H and O–H groups in total. The van der Waals surface area contributed by atoms with E-state index in [9.17, 15) is 4.79 Å². The minimum absolute atomic E-state index is 0.100. The van der Waals surface area contributed by atoms with Gasteiger partial charge in [0.05, 0.1) is 17.4 Å². The van der Waals surface area contributed by atoms with Gasteiger partial charge in [-0.15, -0.1) is 0 Å². The second-order valence-electron chi connectivity index (χ2n) is 4.09. The van der Waals surface area contributed by atoms with Crippen LogP contribution in [0.4, 0.5) is 5.69 Å². The predicted octanol–water partition coefficient (Wildman–Crippen LogP) is 2.35. The van der Waals surface area contributed by atoms with Crippen molar-refractivity contribution in [2.75, 3.05) is 10.6 Å². The van der Waals surface area contributed by atoms with E-state index in [1.165, 1.54) is 6.33 Å². The molecule has 1 amide bonds. The zero-order valence-electron chi connectivity index (χ0n) is 10.3. The molecule has 0 aliphatic heterocycles. The van der Waals surface area contributed by atoms with Crippen LogP contribution in [0.3, 0.4) is 0 Å². The van der Waals surface area contributed by atoms with Gasteiger partial charge in [0.25, 0.3) is 0 Å². The number of fused-ring (bicyclic) bond motifs is 1. The Bertz CT molecular complexity index is 770. The molecule has 0 saturated carbocycles. The van der Waals surface area contributed by atoms with Crippen LogP contribution < -0.4 is 5.32 Å². The molecular weight excluding hydrogens is 322 g/mol. The smallest absolute Gasteiger partial charge is 0.235 e. The number of H-pyrrole nitrogens is 1. The molecule has 0 aliphatic rings. The molecule has 0 unspecified atom stereocenters. The van der Waals surface area contributed by atoms with Gasteiger partial charge in [-0.3, -0.25) is 4.79 Å². The highest BCUT2D eigenvalue weighted by Gasteiger charge is 2.09. The first-order chi connectivity index (χ1) is 9.78. The standard InChI is InChI=1S/C13H10BrN5O/c14-5-10(20)19-9-3-1-2-8(4-9)11-12-13(17-6-15-11)18-7-16-12/h1-4,6-7H,5H2,(H,19,20)(H,15,16,17,18). The highest BCUT2D eigenvalue weighted by Crippen LogP contribution is 2.25. The largest absolute Gasteiger partial charge is 0.341 e. The quantitative estimate of drug-likeness (QED) is 0.721. The Morgan fingerprint density at radius 2 is 2.20 bits per heavy atom. The molecular formula is C13H10BrN5O. The van der Waals surface area contributed by atoms with Crippen molar-refractivity contribution in [1.82, 2.24) is 19.9 Å². The normalized spacial score (nSPS) is 10.7. The first-order valence-corrected chi connectivity index (χ1v) is 7.00. The summed E-state index contributed by atoms with van der Waals surface area (Å²) in [6, 6.07) is 7.48. The fraction of sp³-hybridized carbons (Fsp3) is 0.0769. The second kappa shape index (κ2) is 5.38. The molecule has 0 bridgehead atoms. The summed E-state index contributed by atoms with van der Waals surface area (Å²) in [6.07, 6.45) is 3.06. The summed E-state index contributed by atoms with van der Waals surface area (Å²) >= 11 is 3.12. The fourth-order valence-electron chi connectivity index (χ4n) is 1.92. The second-order valence-corrected chi connectivity index (χ2v) is 4.65. The summed E-state index contributed by atoms with van der Waals surface area (Å²) in [5.74, 6) is -0.100. The van der Waals surface area contributed by atoms with Crippen molar-refractivity contribution >= 4 is 38.7 Å². The number of aromatic amines is 1. The van der Waals surface area contributed by atoms with Gasteiger partial charge in [-0.1, -0.05) is 28.1 Å². The highest BCUT2D eigenvalue weighted by molar-refractivity contribution is 9.09. The van der Waals surface area contributed by atoms with E-state index in [1.807, 2.05) is 24.3 Å². The van der Waals surface area contributed by atoms with Gasteiger partial charge in [-0.05, 0) is 12.1 Å². The zero-order valence-corrected chi connectivity index (χ0v) is 11.9. The third-order valence-corrected chi connectivity index (χ3v) is 3.27. The molecule has 100 valence electrons. The molecule has 2 aromatic heterocycles. The topological polar surface area (TPSA) is 83.6 Å². The Morgan fingerprint density at radius 1 is 1.30 bits per heavy atom. The molecule has 20 heavy (non-hydrogen) atoms. The first kappa shape index (κ1) is 12.7. The SMILES string of the molecule is O=C(CBr)Nc1cccc(-c2ncnc3nc[nH]c23)c1. The average molecular weight is 332 g/mol. The van der Waals surface area contributed by atoms with Gasteiger partial charge >= 0.3 is 0 Å². The Hall–Kier alpha value is -2.28. The van der Waals surface area contributed by atoms with Gasteiger partial charge in [0.1, 0.15) is 11.8 Å². The maximum atomic E-state index is 11.4. The summed E-state index contributed by atoms with van der Waals surface area (Å²) in [6.45, 7) is 0. The lowest BCUT2D eigenvalue weighted by Gasteiger charge is -2.06. The number of hydrogen-bond acceptors (Lipinski definition) is 4. The van der Waals surface area contributed by atoms with Crippen molar-refractivity contribution in [2.24, 2.45) is 0 Å². The number of imidazole rings is 1. The fourth-order valence-corrected chi connectivity index (χ4v) is 2.06. The zero-order chi connectivity index (χ0) is 13.9. The van der Waals surface area contributed by atoms with Crippen molar-refractivity contribution in [3.63, 3.8) is 0 Å². The molecule has 0 atom stereocenters. The molecule has 3 aromatic rings. The Kier molecular flexibility index (Phi) is 3.42. The van der Waals surface area contributed by atoms with Gasteiger partial charge in [0.2, 0.25) is 5.91 Å². The van der Waals surface area contributed by atoms with E-state index in [4.69, 9.17) is 0 Å². The summed E-state index contributed by atoms with van der Waals surface area (Å²) in [7, 11) is 0. The van der Waals surface area contributed by atoms with Gasteiger partial charge in [-0.25, -0.2) is 15.0 Å². The first-order valence-electron chi connectivity index (χ1n) is 5.88. The van der Waals surface area contributed by atoms with Crippen LogP contribution in [0.1, 0.15) is 0 Å². The van der Waals surface area contributed by atoms with E-state index < -0.39 is 0 Å². The van der Waals surface area contributed by atoms with E-state index in [2.05, 4.69) is 41.2 Å². The minimum atomic E-state index is -0.100. The van der Waals surface area contributed by atoms with Crippen LogP contribution in [0.5, 0.6) is 0 Å². The van der Waals surface area contributed by atoms with Crippen molar-refractivity contribution in [3.8, 4) is 11.3 Å². The summed E-state index contributed by atoms with van der Waals surface area (Å²) in [5, 5.41) is 3.05. The molecule has 7 heteroatoms. The third kappa shape index (κ3) is 2.39. The maximum absolute atomic E-state index is 11.4. The number of alkyl halides is 1. The monoisotopic (exact) mass is 331 g/mol. The number of rotatable bonds is 3. The average Bonchev–Trinajstić information content (AvgIpc) is 2.95. The van der Waals surface area contributed by atoms with Crippen LogP contribution in [0.15, 0.2) is 36.9 Å². The van der Waals surface area contributed by atoms with Crippen LogP contribution in [0, 0.1) is 0 Å². The Labute approximate surface area is 122 Å². The van der Waals surface area contributed by atoms with E-state index in [1.54, 1.807) is 6.33 Å². The van der Waals surface area contributed by atoms with Gasteiger partial charge in [0, 0.05) is 11.3 Å². The number of halogens is 1. The lowest BCUT2D eigenvalue weighted by Crippen LogP contribution is -2.12. The van der Waals surface area contributed by atoms with Crippen LogP contribution in [-0.2, 0) is 4.79 Å². The molecule has 0 saturated heterocycles.